The van der Waals surface area contributed by atoms with E-state index in [0.29, 0.717) is 11.3 Å². The molecule has 0 spiro atoms. The summed E-state index contributed by atoms with van der Waals surface area (Å²) < 4.78 is 45.7. The Bertz CT molecular complexity index is 1060. The molecule has 1 amide bonds. The van der Waals surface area contributed by atoms with Crippen molar-refractivity contribution in [3.8, 4) is 22.9 Å². The molecule has 2 heterocycles. The van der Waals surface area contributed by atoms with E-state index in [1.165, 1.54) is 24.4 Å². The molecule has 7 nitrogen and oxygen atoms in total. The van der Waals surface area contributed by atoms with Gasteiger partial charge in [0.1, 0.15) is 5.75 Å². The first-order valence-corrected chi connectivity index (χ1v) is 9.36. The number of pyridine rings is 1. The number of halogens is 3. The zero-order valence-corrected chi connectivity index (χ0v) is 17.1. The number of amides is 1. The lowest BCUT2D eigenvalue weighted by Crippen LogP contribution is -2.35. The van der Waals surface area contributed by atoms with Crippen molar-refractivity contribution in [3.63, 3.8) is 0 Å². The maximum atomic E-state index is 12.8. The molecule has 0 aliphatic carbocycles. The van der Waals surface area contributed by atoms with E-state index in [2.05, 4.69) is 15.4 Å². The van der Waals surface area contributed by atoms with E-state index in [0.717, 1.165) is 17.8 Å². The Hall–Kier alpha value is -3.40. The molecule has 3 aromatic rings. The Morgan fingerprint density at radius 2 is 1.94 bits per heavy atom. The highest BCUT2D eigenvalue weighted by molar-refractivity contribution is 5.95. The van der Waals surface area contributed by atoms with Crippen LogP contribution in [0.1, 0.15) is 28.5 Å². The number of benzene rings is 1. The van der Waals surface area contributed by atoms with Crippen LogP contribution >= 0.6 is 0 Å². The molecule has 0 aliphatic rings. The highest BCUT2D eigenvalue weighted by atomic mass is 19.4. The average molecular weight is 434 g/mol. The molecule has 0 saturated carbocycles. The second-order valence-corrected chi connectivity index (χ2v) is 7.05. The maximum Gasteiger partial charge on any atom is 0.416 e. The predicted molar refractivity (Wildman–Crippen MR) is 107 cm³/mol. The van der Waals surface area contributed by atoms with Crippen molar-refractivity contribution in [2.45, 2.75) is 26.1 Å². The molecule has 0 bridgehead atoms. The lowest BCUT2D eigenvalue weighted by Gasteiger charge is -2.13. The number of hydrogen-bond donors (Lipinski definition) is 2. The molecule has 1 aromatic carbocycles. The van der Waals surface area contributed by atoms with Crippen LogP contribution in [0, 0.1) is 6.92 Å². The van der Waals surface area contributed by atoms with Crippen LogP contribution in [0.5, 0.6) is 11.6 Å². The number of aliphatic hydroxyl groups excluding tert-OH is 1. The Morgan fingerprint density at radius 1 is 1.26 bits per heavy atom. The van der Waals surface area contributed by atoms with Crippen molar-refractivity contribution in [1.82, 2.24) is 20.1 Å². The van der Waals surface area contributed by atoms with Crippen molar-refractivity contribution in [3.05, 3.63) is 59.4 Å². The van der Waals surface area contributed by atoms with Gasteiger partial charge in [-0.15, -0.1) is 0 Å². The Balaban J connectivity index is 1.98. The fourth-order valence-corrected chi connectivity index (χ4v) is 2.71. The number of hydrogen-bond acceptors (Lipinski definition) is 5. The minimum Gasteiger partial charge on any atom is -0.438 e. The Morgan fingerprint density at radius 3 is 2.48 bits per heavy atom. The van der Waals surface area contributed by atoms with Crippen LogP contribution in [-0.2, 0) is 13.2 Å². The monoisotopic (exact) mass is 434 g/mol. The number of nitrogens with one attached hydrogen (secondary N) is 1. The standard InChI is InChI=1S/C21H21F3N4O3/c1-12(11-29)26-19(30)14-9-17(18-8-13(2)28(3)27-18)20(25-10-14)31-16-6-4-15(5-7-16)21(22,23)24/h4-10,12,29H,11H2,1-3H3,(H,26,30)/t12-/m1/s1. The highest BCUT2D eigenvalue weighted by Crippen LogP contribution is 2.34. The van der Waals surface area contributed by atoms with Crippen LogP contribution in [0.2, 0.25) is 0 Å². The van der Waals surface area contributed by atoms with E-state index < -0.39 is 23.7 Å². The Labute approximate surface area is 176 Å². The maximum absolute atomic E-state index is 12.8. The molecule has 0 fully saturated rings. The second-order valence-electron chi connectivity index (χ2n) is 7.05. The molecule has 3 rings (SSSR count). The van der Waals surface area contributed by atoms with Gasteiger partial charge in [0.2, 0.25) is 5.88 Å². The minimum absolute atomic E-state index is 0.0876. The van der Waals surface area contributed by atoms with Crippen LogP contribution in [0.15, 0.2) is 42.6 Å². The molecule has 31 heavy (non-hydrogen) atoms. The van der Waals surface area contributed by atoms with Gasteiger partial charge in [0.25, 0.3) is 5.91 Å². The quantitative estimate of drug-likeness (QED) is 0.618. The first-order valence-electron chi connectivity index (χ1n) is 9.36. The van der Waals surface area contributed by atoms with Crippen molar-refractivity contribution in [1.29, 1.82) is 0 Å². The summed E-state index contributed by atoms with van der Waals surface area (Å²) in [5.74, 6) is -0.200. The summed E-state index contributed by atoms with van der Waals surface area (Å²) in [6.45, 7) is 3.27. The molecule has 2 N–H and O–H groups in total. The van der Waals surface area contributed by atoms with Gasteiger partial charge in [0, 0.05) is 25.0 Å². The van der Waals surface area contributed by atoms with Gasteiger partial charge >= 0.3 is 6.18 Å². The molecule has 1 atom stereocenters. The second kappa shape index (κ2) is 8.76. The van der Waals surface area contributed by atoms with Crippen LogP contribution < -0.4 is 10.1 Å². The van der Waals surface area contributed by atoms with Crippen LogP contribution in [0.3, 0.4) is 0 Å². The van der Waals surface area contributed by atoms with Crippen LogP contribution in [0.25, 0.3) is 11.3 Å². The van der Waals surface area contributed by atoms with E-state index in [9.17, 15) is 18.0 Å². The summed E-state index contributed by atoms with van der Waals surface area (Å²) in [6, 6.07) is 7.08. The largest absolute Gasteiger partial charge is 0.438 e. The predicted octanol–water partition coefficient (Wildman–Crippen LogP) is 3.71. The molecule has 164 valence electrons. The lowest BCUT2D eigenvalue weighted by atomic mass is 10.1. The molecular formula is C21H21F3N4O3. The number of rotatable bonds is 6. The van der Waals surface area contributed by atoms with Crippen molar-refractivity contribution >= 4 is 5.91 Å². The van der Waals surface area contributed by atoms with Crippen molar-refractivity contribution in [2.24, 2.45) is 7.05 Å². The molecular weight excluding hydrogens is 413 g/mol. The minimum atomic E-state index is -4.45. The van der Waals surface area contributed by atoms with E-state index in [4.69, 9.17) is 9.84 Å². The van der Waals surface area contributed by atoms with Crippen molar-refractivity contribution in [2.75, 3.05) is 6.61 Å². The third-order valence-electron chi connectivity index (χ3n) is 4.55. The van der Waals surface area contributed by atoms with Gasteiger partial charge in [0.05, 0.1) is 29.0 Å². The van der Waals surface area contributed by atoms with Gasteiger partial charge in [-0.3, -0.25) is 9.48 Å². The third-order valence-corrected chi connectivity index (χ3v) is 4.55. The summed E-state index contributed by atoms with van der Waals surface area (Å²) in [5, 5.41) is 16.2. The molecule has 10 heteroatoms. The molecule has 0 aliphatic heterocycles. The Kier molecular flexibility index (Phi) is 6.30. The molecule has 0 unspecified atom stereocenters. The first kappa shape index (κ1) is 22.3. The number of aromatic nitrogens is 3. The average Bonchev–Trinajstić information content (AvgIpc) is 3.06. The zero-order valence-electron chi connectivity index (χ0n) is 17.1. The summed E-state index contributed by atoms with van der Waals surface area (Å²) in [6.07, 6.45) is -3.16. The van der Waals surface area contributed by atoms with Gasteiger partial charge in [0.15, 0.2) is 0 Å². The van der Waals surface area contributed by atoms with Gasteiger partial charge in [-0.05, 0) is 50.2 Å². The topological polar surface area (TPSA) is 89.3 Å². The lowest BCUT2D eigenvalue weighted by molar-refractivity contribution is -0.137. The fraction of sp³-hybridized carbons (Fsp3) is 0.286. The van der Waals surface area contributed by atoms with Crippen LogP contribution in [-0.4, -0.2) is 38.4 Å². The number of carbonyl (C=O) groups excluding carboxylic acids is 1. The number of ether oxygens (including phenoxy) is 1. The summed E-state index contributed by atoms with van der Waals surface area (Å²) in [5.41, 5.74) is 1.16. The number of nitrogens with zero attached hydrogens (tertiary/aromatic N) is 3. The zero-order chi connectivity index (χ0) is 22.8. The SMILES string of the molecule is Cc1cc(-c2cc(C(=O)N[C@H](C)CO)cnc2Oc2ccc(C(F)(F)F)cc2)nn1C. The smallest absolute Gasteiger partial charge is 0.416 e. The number of carbonyl (C=O) groups is 1. The van der Waals surface area contributed by atoms with Crippen molar-refractivity contribution < 1.29 is 27.8 Å². The van der Waals surface area contributed by atoms with Gasteiger partial charge in [-0.25, -0.2) is 4.98 Å². The van der Waals surface area contributed by atoms with Gasteiger partial charge in [-0.2, -0.15) is 18.3 Å². The number of aliphatic hydroxyl groups is 1. The van der Waals surface area contributed by atoms with Crippen LogP contribution in [0.4, 0.5) is 13.2 Å². The summed E-state index contributed by atoms with van der Waals surface area (Å²) >= 11 is 0. The fourth-order valence-electron chi connectivity index (χ4n) is 2.71. The number of alkyl halides is 3. The van der Waals surface area contributed by atoms with E-state index in [-0.39, 0.29) is 23.8 Å². The molecule has 0 radical (unpaired) electrons. The van der Waals surface area contributed by atoms with E-state index >= 15 is 0 Å². The summed E-state index contributed by atoms with van der Waals surface area (Å²) in [7, 11) is 1.75. The normalized spacial score (nSPS) is 12.5. The molecule has 2 aromatic heterocycles. The van der Waals surface area contributed by atoms with E-state index in [1.807, 2.05) is 6.92 Å². The van der Waals surface area contributed by atoms with E-state index in [1.54, 1.807) is 24.7 Å². The molecule has 0 saturated heterocycles. The number of aryl methyl sites for hydroxylation is 2. The summed E-state index contributed by atoms with van der Waals surface area (Å²) in [4.78, 5) is 16.6. The highest BCUT2D eigenvalue weighted by Gasteiger charge is 2.30. The third kappa shape index (κ3) is 5.21. The first-order chi connectivity index (χ1) is 14.6. The van der Waals surface area contributed by atoms with Gasteiger partial charge in [-0.1, -0.05) is 0 Å². The van der Waals surface area contributed by atoms with Gasteiger partial charge < -0.3 is 15.2 Å².